The highest BCUT2D eigenvalue weighted by Gasteiger charge is 1.65. The molecule has 0 radical (unpaired) electrons. The minimum atomic E-state index is -1.50. The van der Waals surface area contributed by atoms with Crippen molar-refractivity contribution in [1.29, 1.82) is 0 Å². The molecule has 0 spiro atoms. The molecular formula is H9N5O7. The number of hydrogen-bond donors (Lipinski definition) is 6. The average Bonchev–Trinajstić information content (AvgIpc) is 1.93. The molecule has 12 heavy (non-hydrogen) atoms. The first kappa shape index (κ1) is 22.5. The molecule has 12 nitrogen and oxygen atoms in total. The number of nitrogens with two attached hydrogens (primary N) is 3. The largest absolute Gasteiger partial charge is 0.328 e. The standard InChI is InChI=1S/H4N2.2HNO3.H3NO/c1-2;2*2-1(3)4;1-2/h1-2H2;2*(H,2,3,4);2H,1H2. The zero-order chi connectivity index (χ0) is 11.2. The number of hydrogen-bond acceptors (Lipinski definition) is 8. The molecule has 12 heteroatoms. The highest BCUT2D eigenvalue weighted by atomic mass is 16.9. The molecule has 0 atom stereocenters. The SMILES string of the molecule is NN.NO.O=[N+]([O-])O.O=[N+]([O-])O. The van der Waals surface area contributed by atoms with Gasteiger partial charge in [-0.05, 0) is 0 Å². The van der Waals surface area contributed by atoms with E-state index in [1.165, 1.54) is 0 Å². The van der Waals surface area contributed by atoms with Gasteiger partial charge in [0, 0.05) is 0 Å². The van der Waals surface area contributed by atoms with E-state index in [0.717, 1.165) is 0 Å². The van der Waals surface area contributed by atoms with Crippen LogP contribution in [0.2, 0.25) is 0 Å². The summed E-state index contributed by atoms with van der Waals surface area (Å²) in [7, 11) is 0. The van der Waals surface area contributed by atoms with Crippen LogP contribution in [0, 0.1) is 20.2 Å². The predicted octanol–water partition coefficient (Wildman–Crippen LogP) is -2.54. The number of rotatable bonds is 0. The van der Waals surface area contributed by atoms with Gasteiger partial charge < -0.3 is 15.6 Å². The lowest BCUT2D eigenvalue weighted by Gasteiger charge is -1.56. The fourth-order valence-corrected chi connectivity index (χ4v) is 0. The van der Waals surface area contributed by atoms with Gasteiger partial charge in [-0.1, -0.05) is 0 Å². The van der Waals surface area contributed by atoms with Crippen LogP contribution in [0.5, 0.6) is 0 Å². The molecule has 0 saturated heterocycles. The van der Waals surface area contributed by atoms with Crippen LogP contribution in [0.1, 0.15) is 0 Å². The van der Waals surface area contributed by atoms with E-state index in [4.69, 9.17) is 35.9 Å². The van der Waals surface area contributed by atoms with Crippen molar-refractivity contribution in [2.75, 3.05) is 0 Å². The van der Waals surface area contributed by atoms with E-state index < -0.39 is 10.2 Å². The maximum Gasteiger partial charge on any atom is 0.291 e. The maximum absolute atomic E-state index is 8.36. The Labute approximate surface area is 64.9 Å². The molecule has 0 aliphatic heterocycles. The van der Waals surface area contributed by atoms with Gasteiger partial charge in [0.25, 0.3) is 10.2 Å². The lowest BCUT2D eigenvalue weighted by atomic mass is 13.0. The summed E-state index contributed by atoms with van der Waals surface area (Å²) >= 11 is 0. The van der Waals surface area contributed by atoms with Crippen molar-refractivity contribution in [2.45, 2.75) is 0 Å². The predicted molar refractivity (Wildman–Crippen MR) is 31.9 cm³/mol. The molecule has 0 rings (SSSR count). The van der Waals surface area contributed by atoms with E-state index in [1.54, 1.807) is 0 Å². The molecule has 0 aromatic carbocycles. The number of hydrazine groups is 1. The number of nitrogens with zero attached hydrogens (tertiary/aromatic N) is 2. The molecule has 0 aromatic heterocycles. The van der Waals surface area contributed by atoms with Crippen LogP contribution >= 0.6 is 0 Å². The lowest BCUT2D eigenvalue weighted by molar-refractivity contribution is -0.742. The summed E-state index contributed by atoms with van der Waals surface area (Å²) in [5, 5.41) is 33.8. The van der Waals surface area contributed by atoms with Gasteiger partial charge in [0.15, 0.2) is 0 Å². The molecule has 0 unspecified atom stereocenters. The molecule has 0 saturated carbocycles. The molecule has 0 fully saturated rings. The molecule has 0 amide bonds. The molecule has 0 bridgehead atoms. The Bertz CT molecular complexity index is 69.8. The van der Waals surface area contributed by atoms with Gasteiger partial charge in [-0.2, -0.15) is 0 Å². The average molecular weight is 191 g/mol. The van der Waals surface area contributed by atoms with Crippen LogP contribution in [-0.4, -0.2) is 25.8 Å². The molecular weight excluding hydrogens is 182 g/mol. The molecule has 9 N–H and O–H groups in total. The van der Waals surface area contributed by atoms with Gasteiger partial charge in [-0.15, -0.1) is 20.2 Å². The summed E-state index contributed by atoms with van der Waals surface area (Å²) in [6, 6.07) is 0. The quantitative estimate of drug-likeness (QED) is 0.133. The van der Waals surface area contributed by atoms with Gasteiger partial charge in [0.2, 0.25) is 0 Å². The van der Waals surface area contributed by atoms with Crippen LogP contribution in [0.4, 0.5) is 0 Å². The fourth-order valence-electron chi connectivity index (χ4n) is 0. The van der Waals surface area contributed by atoms with Gasteiger partial charge in [-0.3, -0.25) is 11.7 Å². The highest BCUT2D eigenvalue weighted by Crippen LogP contribution is 1.38. The van der Waals surface area contributed by atoms with E-state index in [1.807, 2.05) is 0 Å². The molecule has 0 aliphatic rings. The van der Waals surface area contributed by atoms with Crippen LogP contribution in [0.25, 0.3) is 0 Å². The van der Waals surface area contributed by atoms with E-state index >= 15 is 0 Å². The van der Waals surface area contributed by atoms with Crippen molar-refractivity contribution >= 4 is 0 Å². The van der Waals surface area contributed by atoms with Crippen LogP contribution in [0.3, 0.4) is 0 Å². The topological polar surface area (TPSA) is 225 Å². The van der Waals surface area contributed by atoms with Crippen molar-refractivity contribution in [3.8, 4) is 0 Å². The van der Waals surface area contributed by atoms with E-state index in [2.05, 4.69) is 17.6 Å². The van der Waals surface area contributed by atoms with Crippen LogP contribution in [-0.2, 0) is 0 Å². The second-order valence-electron chi connectivity index (χ2n) is 0.476. The Morgan fingerprint density at radius 2 is 0.917 bits per heavy atom. The zero-order valence-electron chi connectivity index (χ0n) is 5.60. The smallest absolute Gasteiger partial charge is 0.291 e. The Morgan fingerprint density at radius 3 is 0.917 bits per heavy atom. The summed E-state index contributed by atoms with van der Waals surface area (Å²) in [5.41, 5.74) is 0. The molecule has 0 heterocycles. The Morgan fingerprint density at radius 1 is 0.917 bits per heavy atom. The van der Waals surface area contributed by atoms with Crippen LogP contribution in [0.15, 0.2) is 0 Å². The molecule has 0 aliphatic carbocycles. The minimum Gasteiger partial charge on any atom is -0.328 e. The van der Waals surface area contributed by atoms with Crippen molar-refractivity contribution < 1.29 is 25.8 Å². The lowest BCUT2D eigenvalue weighted by Crippen LogP contribution is -2.02. The highest BCUT2D eigenvalue weighted by molar-refractivity contribution is 3.83. The Hall–Kier alpha value is -1.76. The van der Waals surface area contributed by atoms with Crippen molar-refractivity contribution in [2.24, 2.45) is 17.6 Å². The van der Waals surface area contributed by atoms with Gasteiger partial charge in [-0.25, -0.2) is 5.90 Å². The van der Waals surface area contributed by atoms with Crippen molar-refractivity contribution in [3.05, 3.63) is 20.2 Å². The normalized spacial score (nSPS) is 5.00. The zero-order valence-corrected chi connectivity index (χ0v) is 5.60. The van der Waals surface area contributed by atoms with Crippen molar-refractivity contribution in [1.82, 2.24) is 0 Å². The van der Waals surface area contributed by atoms with E-state index in [9.17, 15) is 0 Å². The Kier molecular flexibility index (Phi) is 65.3. The first-order valence-electron chi connectivity index (χ1n) is 1.72. The molecule has 0 aromatic rings. The van der Waals surface area contributed by atoms with Gasteiger partial charge >= 0.3 is 0 Å². The van der Waals surface area contributed by atoms with Gasteiger partial charge in [0.05, 0.1) is 0 Å². The second kappa shape index (κ2) is 34.9. The summed E-state index contributed by atoms with van der Waals surface area (Å²) in [6.45, 7) is 0. The van der Waals surface area contributed by atoms with Crippen LogP contribution < -0.4 is 17.6 Å². The molecule has 76 valence electrons. The first-order chi connectivity index (χ1) is 5.46. The van der Waals surface area contributed by atoms with E-state index in [0.29, 0.717) is 0 Å². The van der Waals surface area contributed by atoms with Crippen molar-refractivity contribution in [3.63, 3.8) is 0 Å². The maximum atomic E-state index is 8.36. The summed E-state index contributed by atoms with van der Waals surface area (Å²) in [6.07, 6.45) is 0. The third-order valence-corrected chi connectivity index (χ3v) is 0. The third kappa shape index (κ3) is 139. The van der Waals surface area contributed by atoms with E-state index in [-0.39, 0.29) is 0 Å². The summed E-state index contributed by atoms with van der Waals surface area (Å²) < 4.78 is 0. The van der Waals surface area contributed by atoms with Gasteiger partial charge in [0.1, 0.15) is 0 Å². The fraction of sp³-hybridized carbons (Fsp3) is 0. The summed E-state index contributed by atoms with van der Waals surface area (Å²) in [5.74, 6) is 11.5. The second-order valence-corrected chi connectivity index (χ2v) is 0.476. The Balaban J connectivity index is -0.0000000380. The minimum absolute atomic E-state index is 1.50. The monoisotopic (exact) mass is 191 g/mol. The summed E-state index contributed by atoms with van der Waals surface area (Å²) in [4.78, 5) is 16.7. The first-order valence-corrected chi connectivity index (χ1v) is 1.72. The third-order valence-electron chi connectivity index (χ3n) is 0.